The molecule has 2 aromatic heterocycles. The van der Waals surface area contributed by atoms with Gasteiger partial charge in [-0.25, -0.2) is 4.68 Å². The number of carbonyl (C=O) groups excluding carboxylic acids is 1. The Hall–Kier alpha value is -2.52. The number of carbonyl (C=O) groups is 1. The Morgan fingerprint density at radius 1 is 1.35 bits per heavy atom. The highest BCUT2D eigenvalue weighted by Crippen LogP contribution is 2.24. The number of hydrogen-bond acceptors (Lipinski definition) is 7. The van der Waals surface area contributed by atoms with Crippen LogP contribution in [-0.4, -0.2) is 33.6 Å². The van der Waals surface area contributed by atoms with Gasteiger partial charge < -0.3 is 15.9 Å². The molecule has 0 aliphatic heterocycles. The number of aromatic nitrogens is 3. The van der Waals surface area contributed by atoms with Crippen molar-refractivity contribution in [3.05, 3.63) is 46.7 Å². The van der Waals surface area contributed by atoms with E-state index in [2.05, 4.69) is 15.5 Å². The molecule has 1 atom stereocenters. The van der Waals surface area contributed by atoms with Crippen LogP contribution in [0.2, 0.25) is 0 Å². The summed E-state index contributed by atoms with van der Waals surface area (Å²) in [4.78, 5) is 13.3. The summed E-state index contributed by atoms with van der Waals surface area (Å²) in [5.74, 6) is 7.50. The van der Waals surface area contributed by atoms with Crippen LogP contribution < -0.4 is 15.9 Å². The van der Waals surface area contributed by atoms with Crippen molar-refractivity contribution in [2.75, 3.05) is 18.7 Å². The van der Waals surface area contributed by atoms with Gasteiger partial charge in [-0.15, -0.1) is 21.5 Å². The van der Waals surface area contributed by atoms with Crippen molar-refractivity contribution in [3.63, 3.8) is 0 Å². The molecule has 0 radical (unpaired) electrons. The molecule has 9 heteroatoms. The summed E-state index contributed by atoms with van der Waals surface area (Å²) >= 11 is 2.87. The molecule has 1 unspecified atom stereocenters. The van der Waals surface area contributed by atoms with Crippen molar-refractivity contribution in [1.82, 2.24) is 20.2 Å². The van der Waals surface area contributed by atoms with E-state index in [0.29, 0.717) is 11.0 Å². The van der Waals surface area contributed by atoms with Crippen LogP contribution in [0.5, 0.6) is 5.75 Å². The SMILES string of the molecule is COc1ccc(-c2nnc(SCC(=O)NC(C)c3cccs3)n2N)cc1. The number of nitrogens with two attached hydrogens (primary N) is 1. The second kappa shape index (κ2) is 8.24. The van der Waals surface area contributed by atoms with Gasteiger partial charge in [-0.2, -0.15) is 0 Å². The van der Waals surface area contributed by atoms with Gasteiger partial charge in [-0.05, 0) is 42.6 Å². The van der Waals surface area contributed by atoms with Crippen molar-refractivity contribution in [2.45, 2.75) is 18.1 Å². The lowest BCUT2D eigenvalue weighted by Crippen LogP contribution is -2.28. The van der Waals surface area contributed by atoms with Crippen molar-refractivity contribution < 1.29 is 9.53 Å². The average molecular weight is 390 g/mol. The van der Waals surface area contributed by atoms with Gasteiger partial charge in [0.15, 0.2) is 5.82 Å². The van der Waals surface area contributed by atoms with E-state index >= 15 is 0 Å². The highest BCUT2D eigenvalue weighted by molar-refractivity contribution is 7.99. The van der Waals surface area contributed by atoms with Gasteiger partial charge in [0.25, 0.3) is 0 Å². The second-order valence-electron chi connectivity index (χ2n) is 5.50. The van der Waals surface area contributed by atoms with Crippen LogP contribution in [0.3, 0.4) is 0 Å². The lowest BCUT2D eigenvalue weighted by atomic mass is 10.2. The maximum Gasteiger partial charge on any atom is 0.230 e. The molecular weight excluding hydrogens is 370 g/mol. The number of thioether (sulfide) groups is 1. The van der Waals surface area contributed by atoms with E-state index in [1.165, 1.54) is 16.4 Å². The van der Waals surface area contributed by atoms with Crippen LogP contribution in [0.4, 0.5) is 0 Å². The number of hydrogen-bond donors (Lipinski definition) is 2. The van der Waals surface area contributed by atoms with Crippen LogP contribution in [0, 0.1) is 0 Å². The zero-order valence-corrected chi connectivity index (χ0v) is 16.0. The van der Waals surface area contributed by atoms with Crippen molar-refractivity contribution in [1.29, 1.82) is 0 Å². The number of methoxy groups -OCH3 is 1. The summed E-state index contributed by atoms with van der Waals surface area (Å²) in [5, 5.41) is 13.6. The van der Waals surface area contributed by atoms with E-state index in [-0.39, 0.29) is 17.7 Å². The summed E-state index contributed by atoms with van der Waals surface area (Å²) in [5.41, 5.74) is 0.823. The fraction of sp³-hybridized carbons (Fsp3) is 0.235. The number of thiophene rings is 1. The molecule has 3 rings (SSSR count). The van der Waals surface area contributed by atoms with Gasteiger partial charge in [0, 0.05) is 10.4 Å². The maximum absolute atomic E-state index is 12.1. The van der Waals surface area contributed by atoms with E-state index < -0.39 is 0 Å². The number of amides is 1. The first-order valence-electron chi connectivity index (χ1n) is 7.89. The van der Waals surface area contributed by atoms with Gasteiger partial charge in [0.1, 0.15) is 5.75 Å². The summed E-state index contributed by atoms with van der Waals surface area (Å²) in [7, 11) is 1.61. The third kappa shape index (κ3) is 4.17. The number of nitrogens with one attached hydrogen (secondary N) is 1. The zero-order valence-electron chi connectivity index (χ0n) is 14.4. The molecular formula is C17H19N5O2S2. The van der Waals surface area contributed by atoms with E-state index in [0.717, 1.165) is 16.2 Å². The third-order valence-corrected chi connectivity index (χ3v) is 5.69. The molecule has 3 N–H and O–H groups in total. The molecule has 0 saturated heterocycles. The minimum absolute atomic E-state index is 0.0197. The molecule has 0 aliphatic carbocycles. The topological polar surface area (TPSA) is 95.1 Å². The normalized spacial score (nSPS) is 11.9. The lowest BCUT2D eigenvalue weighted by molar-refractivity contribution is -0.119. The molecule has 7 nitrogen and oxygen atoms in total. The van der Waals surface area contributed by atoms with E-state index in [1.807, 2.05) is 48.7 Å². The number of rotatable bonds is 7. The zero-order chi connectivity index (χ0) is 18.5. The number of ether oxygens (including phenoxy) is 1. The Balaban J connectivity index is 1.60. The number of nitrogen functional groups attached to an aromatic ring is 1. The first kappa shape index (κ1) is 18.3. The molecule has 0 fully saturated rings. The predicted octanol–water partition coefficient (Wildman–Crippen LogP) is 2.70. The Morgan fingerprint density at radius 2 is 2.12 bits per heavy atom. The summed E-state index contributed by atoms with van der Waals surface area (Å²) in [6.07, 6.45) is 0. The molecule has 0 saturated carbocycles. The summed E-state index contributed by atoms with van der Waals surface area (Å²) in [6, 6.07) is 11.3. The standard InChI is InChI=1S/C17H19N5O2S2/c1-11(14-4-3-9-25-14)19-15(23)10-26-17-21-20-16(22(17)18)12-5-7-13(24-2)8-6-12/h3-9,11H,10,18H2,1-2H3,(H,19,23). The van der Waals surface area contributed by atoms with Crippen molar-refractivity contribution in [3.8, 4) is 17.1 Å². The number of benzene rings is 1. The highest BCUT2D eigenvalue weighted by atomic mass is 32.2. The second-order valence-corrected chi connectivity index (χ2v) is 7.42. The molecule has 0 aliphatic rings. The minimum Gasteiger partial charge on any atom is -0.497 e. The van der Waals surface area contributed by atoms with Crippen molar-refractivity contribution in [2.24, 2.45) is 0 Å². The first-order chi connectivity index (χ1) is 12.6. The Kier molecular flexibility index (Phi) is 5.79. The van der Waals surface area contributed by atoms with Crippen molar-refractivity contribution >= 4 is 29.0 Å². The largest absolute Gasteiger partial charge is 0.497 e. The molecule has 1 aromatic carbocycles. The van der Waals surface area contributed by atoms with E-state index in [9.17, 15) is 4.79 Å². The fourth-order valence-corrected chi connectivity index (χ4v) is 3.74. The first-order valence-corrected chi connectivity index (χ1v) is 9.75. The molecule has 0 spiro atoms. The molecule has 26 heavy (non-hydrogen) atoms. The summed E-state index contributed by atoms with van der Waals surface area (Å²) < 4.78 is 6.53. The van der Waals surface area contributed by atoms with Crippen LogP contribution >= 0.6 is 23.1 Å². The van der Waals surface area contributed by atoms with Gasteiger partial charge in [-0.3, -0.25) is 4.79 Å². The fourth-order valence-electron chi connectivity index (χ4n) is 2.33. The summed E-state index contributed by atoms with van der Waals surface area (Å²) in [6.45, 7) is 1.96. The van der Waals surface area contributed by atoms with Gasteiger partial charge in [-0.1, -0.05) is 17.8 Å². The van der Waals surface area contributed by atoms with Gasteiger partial charge >= 0.3 is 0 Å². The van der Waals surface area contributed by atoms with E-state index in [1.54, 1.807) is 18.4 Å². The lowest BCUT2D eigenvalue weighted by Gasteiger charge is -2.11. The average Bonchev–Trinajstić information content (AvgIpc) is 3.30. The Bertz CT molecular complexity index is 862. The molecule has 3 aromatic rings. The maximum atomic E-state index is 12.1. The van der Waals surface area contributed by atoms with Gasteiger partial charge in [0.2, 0.25) is 11.1 Å². The smallest absolute Gasteiger partial charge is 0.230 e. The highest BCUT2D eigenvalue weighted by Gasteiger charge is 2.15. The molecule has 0 bridgehead atoms. The minimum atomic E-state index is -0.0788. The monoisotopic (exact) mass is 389 g/mol. The van der Waals surface area contributed by atoms with E-state index in [4.69, 9.17) is 10.6 Å². The van der Waals surface area contributed by atoms with Crippen LogP contribution in [-0.2, 0) is 4.79 Å². The molecule has 1 amide bonds. The van der Waals surface area contributed by atoms with Gasteiger partial charge in [0.05, 0.1) is 18.9 Å². The predicted molar refractivity (Wildman–Crippen MR) is 104 cm³/mol. The Morgan fingerprint density at radius 3 is 2.77 bits per heavy atom. The quantitative estimate of drug-likeness (QED) is 0.476. The van der Waals surface area contributed by atoms with Crippen LogP contribution in [0.15, 0.2) is 46.9 Å². The number of nitrogens with zero attached hydrogens (tertiary/aromatic N) is 3. The molecule has 136 valence electrons. The van der Waals surface area contributed by atoms with Crippen LogP contribution in [0.1, 0.15) is 17.8 Å². The van der Waals surface area contributed by atoms with Crippen LogP contribution in [0.25, 0.3) is 11.4 Å². The third-order valence-electron chi connectivity index (χ3n) is 3.69. The Labute approximate surface area is 159 Å². The molecule has 2 heterocycles.